The Morgan fingerprint density at radius 2 is 2.00 bits per heavy atom. The Balaban J connectivity index is 1.49. The molecular formula is C20H25FN4O2. The summed E-state index contributed by atoms with van der Waals surface area (Å²) in [7, 11) is 0. The molecule has 27 heavy (non-hydrogen) atoms. The zero-order valence-corrected chi connectivity index (χ0v) is 15.8. The van der Waals surface area contributed by atoms with E-state index >= 15 is 0 Å². The summed E-state index contributed by atoms with van der Waals surface area (Å²) in [6.07, 6.45) is 3.16. The van der Waals surface area contributed by atoms with Crippen LogP contribution in [0.1, 0.15) is 56.7 Å². The van der Waals surface area contributed by atoms with Crippen LogP contribution in [0.2, 0.25) is 0 Å². The second-order valence-electron chi connectivity index (χ2n) is 7.80. The normalized spacial score (nSPS) is 19.3. The number of fused-ring (bicyclic) bond motifs is 1. The van der Waals surface area contributed by atoms with Gasteiger partial charge >= 0.3 is 0 Å². The molecule has 0 spiro atoms. The van der Waals surface area contributed by atoms with Crippen LogP contribution in [0.4, 0.5) is 4.39 Å². The van der Waals surface area contributed by atoms with Gasteiger partial charge in [0.25, 0.3) is 5.91 Å². The van der Waals surface area contributed by atoms with Crippen LogP contribution in [0.25, 0.3) is 0 Å². The Morgan fingerprint density at radius 3 is 2.67 bits per heavy atom. The lowest BCUT2D eigenvalue weighted by atomic mass is 10.00. The van der Waals surface area contributed by atoms with Crippen LogP contribution in [0.15, 0.2) is 24.3 Å². The van der Waals surface area contributed by atoms with Crippen molar-refractivity contribution in [3.63, 3.8) is 0 Å². The van der Waals surface area contributed by atoms with Gasteiger partial charge < -0.3 is 9.64 Å². The number of rotatable bonds is 6. The molecule has 1 aliphatic carbocycles. The molecule has 0 saturated heterocycles. The Labute approximate surface area is 158 Å². The van der Waals surface area contributed by atoms with Crippen LogP contribution in [0, 0.1) is 11.7 Å². The highest BCUT2D eigenvalue weighted by Crippen LogP contribution is 2.40. The van der Waals surface area contributed by atoms with Crippen molar-refractivity contribution in [3.05, 3.63) is 41.7 Å². The van der Waals surface area contributed by atoms with Crippen molar-refractivity contribution in [1.29, 1.82) is 0 Å². The molecule has 2 aliphatic rings. The average molecular weight is 372 g/mol. The molecule has 0 radical (unpaired) electrons. The molecule has 2 aromatic rings. The van der Waals surface area contributed by atoms with Crippen LogP contribution in [0.3, 0.4) is 0 Å². The van der Waals surface area contributed by atoms with Gasteiger partial charge in [0.2, 0.25) is 0 Å². The SMILES string of the molecule is CC(C)C[C@H]1c2nc(C3CC3)nn2CCN1C(=O)COc1ccc(F)cc1. The zero-order chi connectivity index (χ0) is 19.0. The van der Waals surface area contributed by atoms with Crippen LogP contribution in [0.5, 0.6) is 5.75 Å². The van der Waals surface area contributed by atoms with E-state index in [9.17, 15) is 9.18 Å². The third-order valence-electron chi connectivity index (χ3n) is 5.08. The van der Waals surface area contributed by atoms with Crippen molar-refractivity contribution < 1.29 is 13.9 Å². The standard InChI is InChI=1S/C20H25FN4O2/c1-13(2)11-17-20-22-19(14-3-4-14)23-25(20)10-9-24(17)18(26)12-27-16-7-5-15(21)6-8-16/h5-8,13-14,17H,3-4,9-12H2,1-2H3/t17-/m0/s1. The van der Waals surface area contributed by atoms with E-state index in [4.69, 9.17) is 9.72 Å². The Bertz CT molecular complexity index is 814. The van der Waals surface area contributed by atoms with E-state index < -0.39 is 0 Å². The lowest BCUT2D eigenvalue weighted by Crippen LogP contribution is -2.45. The number of carbonyl (C=O) groups is 1. The minimum atomic E-state index is -0.326. The van der Waals surface area contributed by atoms with Gasteiger partial charge in [-0.05, 0) is 49.4 Å². The van der Waals surface area contributed by atoms with Crippen molar-refractivity contribution in [1.82, 2.24) is 19.7 Å². The average Bonchev–Trinajstić information content (AvgIpc) is 3.40. The molecule has 1 saturated carbocycles. The van der Waals surface area contributed by atoms with E-state index in [1.807, 2.05) is 9.58 Å². The predicted octanol–water partition coefficient (Wildman–Crippen LogP) is 3.30. The van der Waals surface area contributed by atoms with Crippen molar-refractivity contribution >= 4 is 5.91 Å². The van der Waals surface area contributed by atoms with Gasteiger partial charge in [-0.2, -0.15) is 5.10 Å². The molecule has 6 nitrogen and oxygen atoms in total. The van der Waals surface area contributed by atoms with E-state index in [2.05, 4.69) is 18.9 Å². The van der Waals surface area contributed by atoms with E-state index in [1.54, 1.807) is 0 Å². The third-order valence-corrected chi connectivity index (χ3v) is 5.08. The van der Waals surface area contributed by atoms with Crippen LogP contribution >= 0.6 is 0 Å². The highest BCUT2D eigenvalue weighted by Gasteiger charge is 2.37. The summed E-state index contributed by atoms with van der Waals surface area (Å²) in [6, 6.07) is 5.63. The number of aromatic nitrogens is 3. The molecular weight excluding hydrogens is 347 g/mol. The van der Waals surface area contributed by atoms with Gasteiger partial charge in [-0.15, -0.1) is 0 Å². The molecule has 7 heteroatoms. The molecule has 1 atom stereocenters. The Hall–Kier alpha value is -2.44. The second-order valence-corrected chi connectivity index (χ2v) is 7.80. The molecule has 2 heterocycles. The monoisotopic (exact) mass is 372 g/mol. The molecule has 0 N–H and O–H groups in total. The first-order chi connectivity index (χ1) is 13.0. The minimum absolute atomic E-state index is 0.0656. The molecule has 1 aromatic heterocycles. The fourth-order valence-corrected chi connectivity index (χ4v) is 3.53. The highest BCUT2D eigenvalue weighted by molar-refractivity contribution is 5.78. The number of ether oxygens (including phenoxy) is 1. The molecule has 1 aliphatic heterocycles. The smallest absolute Gasteiger partial charge is 0.261 e. The number of benzene rings is 1. The second kappa shape index (κ2) is 7.29. The maximum Gasteiger partial charge on any atom is 0.261 e. The van der Waals surface area contributed by atoms with Gasteiger partial charge in [0.1, 0.15) is 17.4 Å². The van der Waals surface area contributed by atoms with Crippen molar-refractivity contribution in [3.8, 4) is 5.75 Å². The van der Waals surface area contributed by atoms with Crippen molar-refractivity contribution in [2.45, 2.75) is 51.6 Å². The minimum Gasteiger partial charge on any atom is -0.484 e. The fourth-order valence-electron chi connectivity index (χ4n) is 3.53. The van der Waals surface area contributed by atoms with Gasteiger partial charge in [-0.1, -0.05) is 13.8 Å². The molecule has 1 aromatic carbocycles. The van der Waals surface area contributed by atoms with Gasteiger partial charge in [-0.3, -0.25) is 4.79 Å². The lowest BCUT2D eigenvalue weighted by Gasteiger charge is -2.36. The molecule has 0 unspecified atom stereocenters. The number of halogens is 1. The van der Waals surface area contributed by atoms with Crippen LogP contribution in [-0.2, 0) is 11.3 Å². The van der Waals surface area contributed by atoms with E-state index in [-0.39, 0.29) is 24.4 Å². The molecule has 4 rings (SSSR count). The number of hydrogen-bond acceptors (Lipinski definition) is 4. The van der Waals surface area contributed by atoms with Gasteiger partial charge in [0, 0.05) is 12.5 Å². The lowest BCUT2D eigenvalue weighted by molar-refractivity contribution is -0.137. The number of nitrogens with zero attached hydrogens (tertiary/aromatic N) is 4. The first kappa shape index (κ1) is 17.9. The van der Waals surface area contributed by atoms with Crippen molar-refractivity contribution in [2.75, 3.05) is 13.2 Å². The van der Waals surface area contributed by atoms with Crippen LogP contribution in [-0.4, -0.2) is 38.7 Å². The first-order valence-electron chi connectivity index (χ1n) is 9.63. The summed E-state index contributed by atoms with van der Waals surface area (Å²) in [5.74, 6) is 2.83. The summed E-state index contributed by atoms with van der Waals surface area (Å²) in [5.41, 5.74) is 0. The Kier molecular flexibility index (Phi) is 4.85. The molecule has 144 valence electrons. The largest absolute Gasteiger partial charge is 0.484 e. The molecule has 1 amide bonds. The molecule has 0 bridgehead atoms. The van der Waals surface area contributed by atoms with Gasteiger partial charge in [0.15, 0.2) is 12.4 Å². The maximum atomic E-state index is 13.0. The summed E-state index contributed by atoms with van der Waals surface area (Å²) in [4.78, 5) is 19.5. The number of hydrogen-bond donors (Lipinski definition) is 0. The maximum absolute atomic E-state index is 13.0. The summed E-state index contributed by atoms with van der Waals surface area (Å²) in [5, 5.41) is 4.67. The van der Waals surface area contributed by atoms with Gasteiger partial charge in [0.05, 0.1) is 12.6 Å². The van der Waals surface area contributed by atoms with E-state index in [0.29, 0.717) is 30.7 Å². The number of carbonyl (C=O) groups excluding carboxylic acids is 1. The predicted molar refractivity (Wildman–Crippen MR) is 97.8 cm³/mol. The van der Waals surface area contributed by atoms with Crippen LogP contribution < -0.4 is 4.74 Å². The van der Waals surface area contributed by atoms with Gasteiger partial charge in [-0.25, -0.2) is 14.1 Å². The quantitative estimate of drug-likeness (QED) is 0.781. The zero-order valence-electron chi connectivity index (χ0n) is 15.8. The van der Waals surface area contributed by atoms with Crippen molar-refractivity contribution in [2.24, 2.45) is 5.92 Å². The first-order valence-corrected chi connectivity index (χ1v) is 9.63. The third kappa shape index (κ3) is 3.96. The topological polar surface area (TPSA) is 60.2 Å². The summed E-state index contributed by atoms with van der Waals surface area (Å²) >= 11 is 0. The fraction of sp³-hybridized carbons (Fsp3) is 0.550. The highest BCUT2D eigenvalue weighted by atomic mass is 19.1. The van der Waals surface area contributed by atoms with E-state index in [1.165, 1.54) is 24.3 Å². The number of amides is 1. The molecule has 1 fully saturated rings. The van der Waals surface area contributed by atoms with E-state index in [0.717, 1.165) is 30.9 Å². The summed E-state index contributed by atoms with van der Waals surface area (Å²) < 4.78 is 20.6. The summed E-state index contributed by atoms with van der Waals surface area (Å²) in [6.45, 7) is 5.49. The Morgan fingerprint density at radius 1 is 1.26 bits per heavy atom.